The van der Waals surface area contributed by atoms with Gasteiger partial charge in [0.05, 0.1) is 11.1 Å². The molecule has 2 heterocycles. The summed E-state index contributed by atoms with van der Waals surface area (Å²) in [6.07, 6.45) is 1.02. The predicted octanol–water partition coefficient (Wildman–Crippen LogP) is 0.446. The Morgan fingerprint density at radius 2 is 1.73 bits per heavy atom. The van der Waals surface area contributed by atoms with Crippen LogP contribution in [-0.4, -0.2) is 32.8 Å². The van der Waals surface area contributed by atoms with Gasteiger partial charge in [-0.3, -0.25) is 14.4 Å². The van der Waals surface area contributed by atoms with Gasteiger partial charge in [-0.2, -0.15) is 0 Å². The van der Waals surface area contributed by atoms with Gasteiger partial charge < -0.3 is 9.82 Å². The zero-order chi connectivity index (χ0) is 15.9. The van der Waals surface area contributed by atoms with Crippen molar-refractivity contribution in [1.82, 2.24) is 15.0 Å². The molecule has 0 spiro atoms. The lowest BCUT2D eigenvalue weighted by Crippen LogP contribution is -2.34. The van der Waals surface area contributed by atoms with E-state index >= 15 is 0 Å². The highest BCUT2D eigenvalue weighted by molar-refractivity contribution is 6.21. The van der Waals surface area contributed by atoms with Crippen LogP contribution in [0.1, 0.15) is 36.9 Å². The molecule has 1 aliphatic rings. The van der Waals surface area contributed by atoms with Crippen LogP contribution in [0.2, 0.25) is 0 Å². The summed E-state index contributed by atoms with van der Waals surface area (Å²) in [5, 5.41) is 0.340. The second kappa shape index (κ2) is 4.92. The van der Waals surface area contributed by atoms with Crippen LogP contribution < -0.4 is 5.56 Å². The Bertz CT molecular complexity index is 836. The third-order valence-electron chi connectivity index (χ3n) is 3.08. The summed E-state index contributed by atoms with van der Waals surface area (Å²) in [5.41, 5.74) is -0.844. The average molecular weight is 299 g/mol. The molecule has 8 heteroatoms. The molecule has 8 nitrogen and oxygen atoms in total. The third kappa shape index (κ3) is 2.06. The molecule has 1 N–H and O–H groups in total. The predicted molar refractivity (Wildman–Crippen MR) is 72.0 cm³/mol. The number of rotatable bonds is 2. The Kier molecular flexibility index (Phi) is 3.06. The molecule has 2 aromatic rings. The van der Waals surface area contributed by atoms with Crippen molar-refractivity contribution in [2.24, 2.45) is 0 Å². The van der Waals surface area contributed by atoms with Crippen molar-refractivity contribution < 1.29 is 19.2 Å². The van der Waals surface area contributed by atoms with Gasteiger partial charge in [0.2, 0.25) is 0 Å². The van der Waals surface area contributed by atoms with Crippen LogP contribution in [-0.2, 0) is 4.84 Å². The first kappa shape index (κ1) is 13.7. The molecule has 2 amide bonds. The van der Waals surface area contributed by atoms with Gasteiger partial charge in [0, 0.05) is 6.20 Å². The number of amides is 2. The number of hydroxylamine groups is 2. The minimum atomic E-state index is -1.14. The Balaban J connectivity index is 1.89. The summed E-state index contributed by atoms with van der Waals surface area (Å²) in [7, 11) is 0. The highest BCUT2D eigenvalue weighted by Gasteiger charge is 2.39. The zero-order valence-electron chi connectivity index (χ0n) is 11.3. The lowest BCUT2D eigenvalue weighted by molar-refractivity contribution is -0.0586. The van der Waals surface area contributed by atoms with Crippen molar-refractivity contribution in [2.75, 3.05) is 0 Å². The summed E-state index contributed by atoms with van der Waals surface area (Å²) in [5.74, 6) is -2.33. The average Bonchev–Trinajstić information content (AvgIpc) is 2.73. The van der Waals surface area contributed by atoms with E-state index in [1.54, 1.807) is 19.1 Å². The molecule has 1 aromatic heterocycles. The van der Waals surface area contributed by atoms with Crippen LogP contribution in [0.15, 0.2) is 35.3 Å². The van der Waals surface area contributed by atoms with Crippen molar-refractivity contribution in [1.29, 1.82) is 0 Å². The maximum Gasteiger partial charge on any atom is 0.371 e. The number of carbonyl (C=O) groups excluding carboxylic acids is 3. The quantitative estimate of drug-likeness (QED) is 0.806. The molecule has 0 radical (unpaired) electrons. The van der Waals surface area contributed by atoms with E-state index in [4.69, 9.17) is 4.84 Å². The van der Waals surface area contributed by atoms with Gasteiger partial charge in [0.15, 0.2) is 0 Å². The van der Waals surface area contributed by atoms with Crippen LogP contribution in [0, 0.1) is 6.92 Å². The molecule has 22 heavy (non-hydrogen) atoms. The van der Waals surface area contributed by atoms with E-state index in [1.165, 1.54) is 12.1 Å². The van der Waals surface area contributed by atoms with E-state index in [0.717, 1.165) is 6.20 Å². The van der Waals surface area contributed by atoms with Crippen molar-refractivity contribution in [2.45, 2.75) is 6.92 Å². The number of hydrogen-bond donors (Lipinski definition) is 1. The van der Waals surface area contributed by atoms with Crippen LogP contribution in [0.3, 0.4) is 0 Å². The number of H-pyrrole nitrogens is 1. The molecule has 110 valence electrons. The second-order valence-electron chi connectivity index (χ2n) is 4.54. The number of benzene rings is 1. The van der Waals surface area contributed by atoms with Crippen molar-refractivity contribution in [3.8, 4) is 0 Å². The summed E-state index contributed by atoms with van der Waals surface area (Å²) in [6, 6.07) is 6.07. The fraction of sp³-hybridized carbons (Fsp3) is 0.0714. The number of aryl methyl sites for hydroxylation is 1. The molecule has 0 saturated carbocycles. The van der Waals surface area contributed by atoms with E-state index in [1.807, 2.05) is 0 Å². The molecule has 0 saturated heterocycles. The van der Waals surface area contributed by atoms with Crippen LogP contribution in [0.25, 0.3) is 0 Å². The van der Waals surface area contributed by atoms with E-state index in [9.17, 15) is 19.2 Å². The molecule has 1 aromatic carbocycles. The van der Waals surface area contributed by atoms with Crippen LogP contribution >= 0.6 is 0 Å². The maximum absolute atomic E-state index is 12.0. The lowest BCUT2D eigenvalue weighted by atomic mass is 10.1. The first-order valence-corrected chi connectivity index (χ1v) is 6.25. The highest BCUT2D eigenvalue weighted by atomic mass is 16.7. The summed E-state index contributed by atoms with van der Waals surface area (Å²) < 4.78 is 0. The SMILES string of the molecule is Cc1ncc(C(=O)ON2C(=O)c3ccccc3C2=O)c(=O)[nH]1. The number of nitrogens with zero attached hydrogens (tertiary/aromatic N) is 2. The van der Waals surface area contributed by atoms with Gasteiger partial charge in [-0.25, -0.2) is 9.78 Å². The Hall–Kier alpha value is -3.29. The van der Waals surface area contributed by atoms with Gasteiger partial charge in [-0.1, -0.05) is 17.2 Å². The van der Waals surface area contributed by atoms with Crippen LogP contribution in [0.5, 0.6) is 0 Å². The molecule has 0 atom stereocenters. The first-order valence-electron chi connectivity index (χ1n) is 6.25. The second-order valence-corrected chi connectivity index (χ2v) is 4.54. The summed E-state index contributed by atoms with van der Waals surface area (Å²) in [6.45, 7) is 1.54. The number of carbonyl (C=O) groups is 3. The normalized spacial score (nSPS) is 13.2. The molecular weight excluding hydrogens is 290 g/mol. The van der Waals surface area contributed by atoms with Crippen molar-refractivity contribution in [3.63, 3.8) is 0 Å². The molecule has 0 fully saturated rings. The summed E-state index contributed by atoms with van der Waals surface area (Å²) in [4.78, 5) is 58.5. The third-order valence-corrected chi connectivity index (χ3v) is 3.08. The Labute approximate surface area is 123 Å². The molecule has 0 bridgehead atoms. The Morgan fingerprint density at radius 1 is 1.14 bits per heavy atom. The number of aromatic amines is 1. The fourth-order valence-electron chi connectivity index (χ4n) is 2.01. The van der Waals surface area contributed by atoms with Crippen LogP contribution in [0.4, 0.5) is 0 Å². The number of nitrogens with one attached hydrogen (secondary N) is 1. The monoisotopic (exact) mass is 299 g/mol. The molecule has 3 rings (SSSR count). The van der Waals surface area contributed by atoms with E-state index in [-0.39, 0.29) is 11.1 Å². The number of aromatic nitrogens is 2. The molecule has 1 aliphatic heterocycles. The van der Waals surface area contributed by atoms with Crippen molar-refractivity contribution >= 4 is 17.8 Å². The molecule has 0 aliphatic carbocycles. The number of imide groups is 1. The largest absolute Gasteiger partial charge is 0.371 e. The highest BCUT2D eigenvalue weighted by Crippen LogP contribution is 2.22. The van der Waals surface area contributed by atoms with E-state index in [0.29, 0.717) is 10.9 Å². The maximum atomic E-state index is 12.0. The minimum absolute atomic E-state index is 0.135. The van der Waals surface area contributed by atoms with Gasteiger partial charge in [-0.15, -0.1) is 0 Å². The number of hydrogen-bond acceptors (Lipinski definition) is 6. The van der Waals surface area contributed by atoms with Gasteiger partial charge in [-0.05, 0) is 19.1 Å². The van der Waals surface area contributed by atoms with Gasteiger partial charge in [0.1, 0.15) is 11.4 Å². The van der Waals surface area contributed by atoms with E-state index in [2.05, 4.69) is 9.97 Å². The van der Waals surface area contributed by atoms with Gasteiger partial charge in [0.25, 0.3) is 17.4 Å². The number of fused-ring (bicyclic) bond motifs is 1. The first-order chi connectivity index (χ1) is 10.5. The van der Waals surface area contributed by atoms with Gasteiger partial charge >= 0.3 is 5.97 Å². The zero-order valence-corrected chi connectivity index (χ0v) is 11.3. The topological polar surface area (TPSA) is 109 Å². The van der Waals surface area contributed by atoms with E-state index < -0.39 is 28.9 Å². The fourth-order valence-corrected chi connectivity index (χ4v) is 2.01. The minimum Gasteiger partial charge on any atom is -0.324 e. The molecular formula is C14H9N3O5. The lowest BCUT2D eigenvalue weighted by Gasteiger charge is -2.12. The standard InChI is InChI=1S/C14H9N3O5/c1-7-15-6-10(11(18)16-7)14(21)22-17-12(19)8-4-2-3-5-9(8)13(17)20/h2-6H,1H3,(H,15,16,18). The smallest absolute Gasteiger partial charge is 0.324 e. The van der Waals surface area contributed by atoms with Crippen molar-refractivity contribution in [3.05, 3.63) is 63.3 Å². The summed E-state index contributed by atoms with van der Waals surface area (Å²) >= 11 is 0. The molecule has 0 unspecified atom stereocenters. The Morgan fingerprint density at radius 3 is 2.27 bits per heavy atom.